The van der Waals surface area contributed by atoms with Crippen molar-refractivity contribution in [2.75, 3.05) is 6.54 Å². The fourth-order valence-corrected chi connectivity index (χ4v) is 2.17. The fraction of sp³-hybridized carbons (Fsp3) is 0.267. The largest absolute Gasteiger partial charge is 0.467 e. The predicted octanol–water partition coefficient (Wildman–Crippen LogP) is 2.28. The zero-order chi connectivity index (χ0) is 18.7. The van der Waals surface area contributed by atoms with Crippen molar-refractivity contribution in [3.05, 3.63) is 53.1 Å². The molecule has 0 unspecified atom stereocenters. The molecule has 26 heavy (non-hydrogen) atoms. The Morgan fingerprint density at radius 2 is 1.92 bits per heavy atom. The molecule has 3 heterocycles. The van der Waals surface area contributed by atoms with E-state index in [0.29, 0.717) is 9.58 Å². The highest BCUT2D eigenvalue weighted by atomic mass is 19.4. The molecule has 0 N–H and O–H groups in total. The SMILES string of the molecule is O=C(Cn1nc(-c2ccco2)oc1=O)N(Cc1ccco1)CC(F)(F)F. The Bertz CT molecular complexity index is 909. The zero-order valence-corrected chi connectivity index (χ0v) is 13.1. The van der Waals surface area contributed by atoms with Crippen LogP contribution in [0.15, 0.2) is 54.8 Å². The molecule has 0 aliphatic rings. The van der Waals surface area contributed by atoms with Crippen molar-refractivity contribution >= 4 is 5.91 Å². The number of nitrogens with zero attached hydrogens (tertiary/aromatic N) is 3. The van der Waals surface area contributed by atoms with Gasteiger partial charge in [-0.05, 0) is 24.3 Å². The van der Waals surface area contributed by atoms with Crippen LogP contribution in [-0.2, 0) is 17.9 Å². The molecule has 3 aromatic rings. The molecule has 3 rings (SSSR count). The molecule has 0 aromatic carbocycles. The monoisotopic (exact) mass is 371 g/mol. The molecule has 0 saturated carbocycles. The van der Waals surface area contributed by atoms with Crippen molar-refractivity contribution in [2.45, 2.75) is 19.3 Å². The second-order valence-electron chi connectivity index (χ2n) is 5.25. The summed E-state index contributed by atoms with van der Waals surface area (Å²) in [5.74, 6) is -1.82. The lowest BCUT2D eigenvalue weighted by atomic mass is 10.3. The first-order valence-electron chi connectivity index (χ1n) is 7.30. The highest BCUT2D eigenvalue weighted by Gasteiger charge is 2.34. The van der Waals surface area contributed by atoms with Gasteiger partial charge >= 0.3 is 11.9 Å². The second kappa shape index (κ2) is 6.94. The molecule has 0 radical (unpaired) electrons. The van der Waals surface area contributed by atoms with E-state index in [1.165, 1.54) is 36.8 Å². The maximum Gasteiger partial charge on any atom is 0.437 e. The molecule has 0 aliphatic carbocycles. The summed E-state index contributed by atoms with van der Waals surface area (Å²) >= 11 is 0. The van der Waals surface area contributed by atoms with Crippen LogP contribution in [0.3, 0.4) is 0 Å². The first-order chi connectivity index (χ1) is 12.3. The number of carbonyl (C=O) groups excluding carboxylic acids is 1. The third-order valence-electron chi connectivity index (χ3n) is 3.27. The summed E-state index contributed by atoms with van der Waals surface area (Å²) in [6.45, 7) is -2.62. The van der Waals surface area contributed by atoms with E-state index in [0.717, 1.165) is 0 Å². The number of hydrogen-bond acceptors (Lipinski definition) is 6. The Morgan fingerprint density at radius 3 is 2.54 bits per heavy atom. The Kier molecular flexibility index (Phi) is 4.69. The topological polar surface area (TPSA) is 94.6 Å². The quantitative estimate of drug-likeness (QED) is 0.660. The Hall–Kier alpha value is -3.24. The van der Waals surface area contributed by atoms with E-state index in [1.807, 2.05) is 0 Å². The summed E-state index contributed by atoms with van der Waals surface area (Å²) in [6.07, 6.45) is -2.01. The number of alkyl halides is 3. The van der Waals surface area contributed by atoms with Crippen LogP contribution in [0, 0.1) is 0 Å². The predicted molar refractivity (Wildman–Crippen MR) is 78.6 cm³/mol. The van der Waals surface area contributed by atoms with E-state index >= 15 is 0 Å². The van der Waals surface area contributed by atoms with Gasteiger partial charge in [0.2, 0.25) is 5.91 Å². The number of furan rings is 2. The lowest BCUT2D eigenvalue weighted by Gasteiger charge is -2.22. The summed E-state index contributed by atoms with van der Waals surface area (Å²) in [6, 6.07) is 5.94. The summed E-state index contributed by atoms with van der Waals surface area (Å²) in [7, 11) is 0. The van der Waals surface area contributed by atoms with Crippen LogP contribution in [-0.4, -0.2) is 33.3 Å². The van der Waals surface area contributed by atoms with Crippen molar-refractivity contribution in [1.29, 1.82) is 0 Å². The lowest BCUT2D eigenvalue weighted by molar-refractivity contribution is -0.163. The minimum absolute atomic E-state index is 0.149. The van der Waals surface area contributed by atoms with Crippen molar-refractivity contribution < 1.29 is 31.2 Å². The smallest absolute Gasteiger partial charge is 0.437 e. The second-order valence-corrected chi connectivity index (χ2v) is 5.25. The number of carbonyl (C=O) groups is 1. The summed E-state index contributed by atoms with van der Waals surface area (Å²) < 4.78 is 53.7. The lowest BCUT2D eigenvalue weighted by Crippen LogP contribution is -2.41. The Morgan fingerprint density at radius 1 is 1.19 bits per heavy atom. The van der Waals surface area contributed by atoms with Crippen LogP contribution in [0.2, 0.25) is 0 Å². The van der Waals surface area contributed by atoms with Crippen molar-refractivity contribution in [3.8, 4) is 11.7 Å². The summed E-state index contributed by atoms with van der Waals surface area (Å²) in [5, 5.41) is 3.76. The van der Waals surface area contributed by atoms with E-state index in [1.54, 1.807) is 0 Å². The molecule has 138 valence electrons. The van der Waals surface area contributed by atoms with Crippen molar-refractivity contribution in [2.24, 2.45) is 0 Å². The molecule has 1 amide bonds. The van der Waals surface area contributed by atoms with Gasteiger partial charge in [-0.25, -0.2) is 4.79 Å². The summed E-state index contributed by atoms with van der Waals surface area (Å²) in [4.78, 5) is 24.6. The maximum atomic E-state index is 12.8. The minimum atomic E-state index is -4.61. The molecule has 0 atom stereocenters. The average molecular weight is 371 g/mol. The zero-order valence-electron chi connectivity index (χ0n) is 13.1. The van der Waals surface area contributed by atoms with Gasteiger partial charge in [-0.15, -0.1) is 5.10 Å². The van der Waals surface area contributed by atoms with Crippen LogP contribution in [0.5, 0.6) is 0 Å². The normalized spacial score (nSPS) is 11.7. The first-order valence-corrected chi connectivity index (χ1v) is 7.30. The molecule has 0 aliphatic heterocycles. The molecular weight excluding hydrogens is 359 g/mol. The van der Waals surface area contributed by atoms with Crippen LogP contribution in [0.25, 0.3) is 11.7 Å². The number of aromatic nitrogens is 2. The van der Waals surface area contributed by atoms with Gasteiger partial charge in [0.25, 0.3) is 5.89 Å². The van der Waals surface area contributed by atoms with E-state index in [2.05, 4.69) is 5.10 Å². The number of rotatable bonds is 6. The van der Waals surface area contributed by atoms with Crippen LogP contribution < -0.4 is 5.76 Å². The van der Waals surface area contributed by atoms with Gasteiger partial charge in [0.1, 0.15) is 18.8 Å². The molecule has 11 heteroatoms. The number of halogens is 3. The van der Waals surface area contributed by atoms with Gasteiger partial charge in [0.15, 0.2) is 5.76 Å². The van der Waals surface area contributed by atoms with Gasteiger partial charge in [-0.3, -0.25) is 4.79 Å². The van der Waals surface area contributed by atoms with Gasteiger partial charge in [0.05, 0.1) is 19.1 Å². The van der Waals surface area contributed by atoms with E-state index in [4.69, 9.17) is 13.3 Å². The molecule has 0 saturated heterocycles. The molecule has 8 nitrogen and oxygen atoms in total. The van der Waals surface area contributed by atoms with Crippen LogP contribution in [0.4, 0.5) is 13.2 Å². The average Bonchev–Trinajstić information content (AvgIpc) is 3.28. The molecule has 0 spiro atoms. The van der Waals surface area contributed by atoms with Gasteiger partial charge < -0.3 is 18.2 Å². The maximum absolute atomic E-state index is 12.8. The molecule has 0 bridgehead atoms. The van der Waals surface area contributed by atoms with E-state index < -0.39 is 37.5 Å². The third kappa shape index (κ3) is 4.23. The van der Waals surface area contributed by atoms with E-state index in [9.17, 15) is 22.8 Å². The molecule has 3 aromatic heterocycles. The van der Waals surface area contributed by atoms with Gasteiger partial charge in [-0.2, -0.15) is 17.9 Å². The number of hydrogen-bond donors (Lipinski definition) is 0. The van der Waals surface area contributed by atoms with Crippen LogP contribution in [0.1, 0.15) is 5.76 Å². The highest BCUT2D eigenvalue weighted by molar-refractivity contribution is 5.75. The first kappa shape index (κ1) is 17.6. The Labute approximate surface area is 143 Å². The van der Waals surface area contributed by atoms with Crippen LogP contribution >= 0.6 is 0 Å². The number of amides is 1. The highest BCUT2D eigenvalue weighted by Crippen LogP contribution is 2.19. The standard InChI is InChI=1S/C15H12F3N3O5/c16-15(17,18)9-20(7-10-3-1-5-24-10)12(22)8-21-14(23)26-13(19-21)11-4-2-6-25-11/h1-6H,7-9H2. The van der Waals surface area contributed by atoms with Crippen molar-refractivity contribution in [1.82, 2.24) is 14.7 Å². The summed E-state index contributed by atoms with van der Waals surface area (Å²) in [5.41, 5.74) is 0. The van der Waals surface area contributed by atoms with Gasteiger partial charge in [0, 0.05) is 0 Å². The Balaban J connectivity index is 1.78. The minimum Gasteiger partial charge on any atom is -0.467 e. The fourth-order valence-electron chi connectivity index (χ4n) is 2.17. The van der Waals surface area contributed by atoms with E-state index in [-0.39, 0.29) is 17.4 Å². The van der Waals surface area contributed by atoms with Gasteiger partial charge in [-0.1, -0.05) is 0 Å². The molecule has 0 fully saturated rings. The third-order valence-corrected chi connectivity index (χ3v) is 3.27. The molecular formula is C15H12F3N3O5. The van der Waals surface area contributed by atoms with Crippen molar-refractivity contribution in [3.63, 3.8) is 0 Å².